The summed E-state index contributed by atoms with van der Waals surface area (Å²) in [7, 11) is -3.02. The third-order valence-corrected chi connectivity index (χ3v) is 3.11. The van der Waals surface area contributed by atoms with E-state index in [1.807, 2.05) is 0 Å². The fourth-order valence-corrected chi connectivity index (χ4v) is 2.57. The van der Waals surface area contributed by atoms with Gasteiger partial charge in [-0.1, -0.05) is 0 Å². The molecule has 2 atom stereocenters. The minimum absolute atomic E-state index is 0. The summed E-state index contributed by atoms with van der Waals surface area (Å²) in [4.78, 5) is 0. The maximum atomic E-state index is 10.6. The van der Waals surface area contributed by atoms with Crippen molar-refractivity contribution in [2.45, 2.75) is 12.1 Å². The molecule has 62 valence electrons. The first-order valence-electron chi connectivity index (χ1n) is 2.65. The molecule has 0 aromatic carbocycles. The van der Waals surface area contributed by atoms with Gasteiger partial charge in [0.1, 0.15) is 0 Å². The van der Waals surface area contributed by atoms with Crippen LogP contribution in [0.4, 0.5) is 0 Å². The SMILES string of the molecule is Cl.N[C@H]1CS(=O)(=O)C[C@@H]1O. The molecule has 0 unspecified atom stereocenters. The van der Waals surface area contributed by atoms with Crippen LogP contribution in [0.2, 0.25) is 0 Å². The van der Waals surface area contributed by atoms with Gasteiger partial charge in [0.15, 0.2) is 9.84 Å². The fraction of sp³-hybridized carbons (Fsp3) is 1.00. The van der Waals surface area contributed by atoms with Crippen molar-refractivity contribution in [3.63, 3.8) is 0 Å². The highest BCUT2D eigenvalue weighted by Gasteiger charge is 2.33. The highest BCUT2D eigenvalue weighted by atomic mass is 35.5. The van der Waals surface area contributed by atoms with Gasteiger partial charge in [0, 0.05) is 6.04 Å². The highest BCUT2D eigenvalue weighted by molar-refractivity contribution is 7.91. The van der Waals surface area contributed by atoms with E-state index in [1.165, 1.54) is 0 Å². The van der Waals surface area contributed by atoms with Crippen LogP contribution >= 0.6 is 12.4 Å². The van der Waals surface area contributed by atoms with Crippen molar-refractivity contribution in [2.24, 2.45) is 5.73 Å². The molecule has 1 fully saturated rings. The van der Waals surface area contributed by atoms with Crippen LogP contribution in [0.5, 0.6) is 0 Å². The van der Waals surface area contributed by atoms with Gasteiger partial charge < -0.3 is 10.8 Å². The van der Waals surface area contributed by atoms with Gasteiger partial charge in [-0.25, -0.2) is 8.42 Å². The van der Waals surface area contributed by atoms with Crippen LogP contribution in [-0.2, 0) is 9.84 Å². The lowest BCUT2D eigenvalue weighted by atomic mass is 10.2. The zero-order valence-electron chi connectivity index (χ0n) is 5.23. The number of rotatable bonds is 0. The number of hydrogen-bond donors (Lipinski definition) is 2. The van der Waals surface area contributed by atoms with Crippen molar-refractivity contribution in [3.8, 4) is 0 Å². The number of aliphatic hydroxyl groups excluding tert-OH is 1. The molecule has 0 aliphatic carbocycles. The Morgan fingerprint density at radius 3 is 2.00 bits per heavy atom. The van der Waals surface area contributed by atoms with Crippen molar-refractivity contribution in [3.05, 3.63) is 0 Å². The third-order valence-electron chi connectivity index (χ3n) is 1.37. The summed E-state index contributed by atoms with van der Waals surface area (Å²) >= 11 is 0. The summed E-state index contributed by atoms with van der Waals surface area (Å²) in [6.07, 6.45) is -0.852. The standard InChI is InChI=1S/C4H9NO3S.ClH/c5-3-1-9(7,8)2-4(3)6;/h3-4,6H,1-2,5H2;1H/t3-,4-;/m0./s1. The molecule has 1 rings (SSSR count). The number of aliphatic hydroxyl groups is 1. The minimum atomic E-state index is -3.02. The first-order chi connectivity index (χ1) is 4.01. The van der Waals surface area contributed by atoms with Gasteiger partial charge in [-0.15, -0.1) is 12.4 Å². The second kappa shape index (κ2) is 3.04. The largest absolute Gasteiger partial charge is 0.390 e. The maximum Gasteiger partial charge on any atom is 0.154 e. The molecule has 0 aromatic rings. The van der Waals surface area contributed by atoms with E-state index in [-0.39, 0.29) is 23.9 Å². The van der Waals surface area contributed by atoms with Gasteiger partial charge in [0.2, 0.25) is 0 Å². The summed E-state index contributed by atoms with van der Waals surface area (Å²) in [6.45, 7) is 0. The second-order valence-corrected chi connectivity index (χ2v) is 4.46. The molecule has 0 amide bonds. The maximum absolute atomic E-state index is 10.6. The van der Waals surface area contributed by atoms with Crippen LogP contribution in [-0.4, -0.2) is 37.2 Å². The van der Waals surface area contributed by atoms with Gasteiger partial charge in [-0.3, -0.25) is 0 Å². The Balaban J connectivity index is 0.000000810. The lowest BCUT2D eigenvalue weighted by Crippen LogP contribution is -2.32. The number of halogens is 1. The van der Waals surface area contributed by atoms with Crippen molar-refractivity contribution in [1.82, 2.24) is 0 Å². The highest BCUT2D eigenvalue weighted by Crippen LogP contribution is 2.09. The molecule has 6 heteroatoms. The molecule has 1 aliphatic heterocycles. The minimum Gasteiger partial charge on any atom is -0.390 e. The van der Waals surface area contributed by atoms with Crippen LogP contribution in [0.25, 0.3) is 0 Å². The number of nitrogens with two attached hydrogens (primary N) is 1. The Bertz CT molecular complexity index is 187. The Labute approximate surface area is 65.7 Å². The average Bonchev–Trinajstić information content (AvgIpc) is 1.79. The van der Waals surface area contributed by atoms with Crippen LogP contribution in [0.15, 0.2) is 0 Å². The number of hydrogen-bond acceptors (Lipinski definition) is 4. The molecule has 0 bridgehead atoms. The fourth-order valence-electron chi connectivity index (χ4n) is 0.856. The van der Waals surface area contributed by atoms with Gasteiger partial charge in [0.25, 0.3) is 0 Å². The molecule has 0 radical (unpaired) electrons. The Morgan fingerprint density at radius 1 is 1.40 bits per heavy atom. The zero-order chi connectivity index (χ0) is 7.07. The van der Waals surface area contributed by atoms with Gasteiger partial charge in [-0.05, 0) is 0 Å². The van der Waals surface area contributed by atoms with Crippen molar-refractivity contribution in [2.75, 3.05) is 11.5 Å². The molecular weight excluding hydrogens is 178 g/mol. The van der Waals surface area contributed by atoms with E-state index in [2.05, 4.69) is 0 Å². The Hall–Kier alpha value is 0.160. The molecule has 4 nitrogen and oxygen atoms in total. The quantitative estimate of drug-likeness (QED) is 0.485. The summed E-state index contributed by atoms with van der Waals surface area (Å²) in [5.74, 6) is -0.248. The first kappa shape index (κ1) is 10.2. The lowest BCUT2D eigenvalue weighted by molar-refractivity contribution is 0.183. The Kier molecular flexibility index (Phi) is 3.09. The van der Waals surface area contributed by atoms with E-state index in [4.69, 9.17) is 10.8 Å². The summed E-state index contributed by atoms with van der Waals surface area (Å²) < 4.78 is 21.2. The lowest BCUT2D eigenvalue weighted by Gasteiger charge is -2.02. The smallest absolute Gasteiger partial charge is 0.154 e. The van der Waals surface area contributed by atoms with Crippen molar-refractivity contribution in [1.29, 1.82) is 0 Å². The summed E-state index contributed by atoms with van der Waals surface area (Å²) in [6, 6.07) is -0.574. The third kappa shape index (κ3) is 2.09. The zero-order valence-corrected chi connectivity index (χ0v) is 6.86. The van der Waals surface area contributed by atoms with Crippen LogP contribution in [0.1, 0.15) is 0 Å². The van der Waals surface area contributed by atoms with E-state index in [1.54, 1.807) is 0 Å². The van der Waals surface area contributed by atoms with E-state index >= 15 is 0 Å². The molecular formula is C4H10ClNO3S. The van der Waals surface area contributed by atoms with Crippen LogP contribution in [0.3, 0.4) is 0 Å². The second-order valence-electron chi connectivity index (χ2n) is 2.31. The summed E-state index contributed by atoms with van der Waals surface area (Å²) in [5, 5.41) is 8.83. The van der Waals surface area contributed by atoms with E-state index in [0.29, 0.717) is 0 Å². The van der Waals surface area contributed by atoms with Gasteiger partial charge in [0.05, 0.1) is 17.6 Å². The molecule has 0 spiro atoms. The average molecular weight is 188 g/mol. The molecule has 0 aromatic heterocycles. The molecule has 10 heavy (non-hydrogen) atoms. The van der Waals surface area contributed by atoms with Crippen molar-refractivity contribution >= 4 is 22.2 Å². The predicted octanol–water partition coefficient (Wildman–Crippen LogP) is -1.48. The summed E-state index contributed by atoms with van der Waals surface area (Å²) in [5.41, 5.74) is 5.22. The van der Waals surface area contributed by atoms with E-state index < -0.39 is 22.0 Å². The van der Waals surface area contributed by atoms with Gasteiger partial charge in [-0.2, -0.15) is 0 Å². The number of sulfone groups is 1. The van der Waals surface area contributed by atoms with E-state index in [9.17, 15) is 8.42 Å². The molecule has 1 heterocycles. The molecule has 3 N–H and O–H groups in total. The molecule has 1 aliphatic rings. The molecule has 1 saturated heterocycles. The Morgan fingerprint density at radius 2 is 1.90 bits per heavy atom. The predicted molar refractivity (Wildman–Crippen MR) is 39.9 cm³/mol. The normalized spacial score (nSPS) is 37.0. The van der Waals surface area contributed by atoms with Crippen LogP contribution < -0.4 is 5.73 Å². The van der Waals surface area contributed by atoms with E-state index in [0.717, 1.165) is 0 Å². The van der Waals surface area contributed by atoms with Gasteiger partial charge >= 0.3 is 0 Å². The van der Waals surface area contributed by atoms with Crippen LogP contribution in [0, 0.1) is 0 Å². The monoisotopic (exact) mass is 187 g/mol. The van der Waals surface area contributed by atoms with Crippen molar-refractivity contribution < 1.29 is 13.5 Å². The first-order valence-corrected chi connectivity index (χ1v) is 4.47. The topological polar surface area (TPSA) is 80.4 Å². The molecule has 0 saturated carbocycles.